The van der Waals surface area contributed by atoms with Crippen LogP contribution in [0.4, 0.5) is 13.2 Å². The molecule has 0 bridgehead atoms. The lowest BCUT2D eigenvalue weighted by atomic mass is 10.1. The fourth-order valence-corrected chi connectivity index (χ4v) is 3.25. The molecule has 0 amide bonds. The number of benzene rings is 1. The molecule has 0 aliphatic rings. The second-order valence-electron chi connectivity index (χ2n) is 5.66. The van der Waals surface area contributed by atoms with Crippen molar-refractivity contribution in [1.29, 1.82) is 0 Å². The maximum Gasteiger partial charge on any atom is 0.416 e. The van der Waals surface area contributed by atoms with E-state index in [1.807, 2.05) is 13.8 Å². The standard InChI is InChI=1S/C17H21F3N4S.HI/c1-10(13-6-5-7-14(8-13)17(18,19)20)24-16(21-4)22-9-15-11(2)23-12(3)25-15;/h5-8,10H,9H2,1-4H3,(H2,21,22,24);1H. The highest BCUT2D eigenvalue weighted by Crippen LogP contribution is 2.30. The minimum Gasteiger partial charge on any atom is -0.351 e. The second-order valence-corrected chi connectivity index (χ2v) is 6.94. The van der Waals surface area contributed by atoms with Gasteiger partial charge in [-0.25, -0.2) is 4.98 Å². The molecule has 4 nitrogen and oxygen atoms in total. The molecule has 1 heterocycles. The minimum absolute atomic E-state index is 0. The summed E-state index contributed by atoms with van der Waals surface area (Å²) in [6.07, 6.45) is -4.35. The monoisotopic (exact) mass is 498 g/mol. The number of aryl methyl sites for hydroxylation is 2. The molecule has 0 saturated heterocycles. The molecule has 0 aliphatic carbocycles. The molecule has 1 aromatic heterocycles. The molecule has 1 aromatic carbocycles. The van der Waals surface area contributed by atoms with E-state index in [1.165, 1.54) is 6.07 Å². The number of aromatic nitrogens is 1. The summed E-state index contributed by atoms with van der Waals surface area (Å²) in [5.74, 6) is 0.523. The highest BCUT2D eigenvalue weighted by Gasteiger charge is 2.30. The van der Waals surface area contributed by atoms with Gasteiger partial charge in [0.25, 0.3) is 0 Å². The molecule has 2 aromatic rings. The predicted octanol–water partition coefficient (Wildman–Crippen LogP) is 4.82. The van der Waals surface area contributed by atoms with Crippen LogP contribution in [-0.2, 0) is 12.7 Å². The summed E-state index contributed by atoms with van der Waals surface area (Å²) in [6.45, 7) is 6.25. The topological polar surface area (TPSA) is 49.3 Å². The molecule has 9 heteroatoms. The number of nitrogens with zero attached hydrogens (tertiary/aromatic N) is 2. The zero-order chi connectivity index (χ0) is 18.6. The van der Waals surface area contributed by atoms with Crippen molar-refractivity contribution in [3.63, 3.8) is 0 Å². The van der Waals surface area contributed by atoms with E-state index in [0.717, 1.165) is 27.7 Å². The first kappa shape index (κ1) is 22.7. The fraction of sp³-hybridized carbons (Fsp3) is 0.412. The molecular weight excluding hydrogens is 476 g/mol. The maximum absolute atomic E-state index is 12.8. The van der Waals surface area contributed by atoms with Crippen LogP contribution in [0.5, 0.6) is 0 Å². The van der Waals surface area contributed by atoms with E-state index in [4.69, 9.17) is 0 Å². The highest BCUT2D eigenvalue weighted by molar-refractivity contribution is 14.0. The smallest absolute Gasteiger partial charge is 0.351 e. The van der Waals surface area contributed by atoms with Crippen LogP contribution in [0, 0.1) is 13.8 Å². The third-order valence-electron chi connectivity index (χ3n) is 3.71. The Morgan fingerprint density at radius 2 is 2.00 bits per heavy atom. The van der Waals surface area contributed by atoms with Crippen molar-refractivity contribution in [2.45, 2.75) is 39.5 Å². The van der Waals surface area contributed by atoms with Crippen LogP contribution in [-0.4, -0.2) is 18.0 Å². The van der Waals surface area contributed by atoms with Gasteiger partial charge in [0.1, 0.15) is 0 Å². The van der Waals surface area contributed by atoms with Crippen molar-refractivity contribution in [2.24, 2.45) is 4.99 Å². The van der Waals surface area contributed by atoms with Gasteiger partial charge in [0.15, 0.2) is 5.96 Å². The summed E-state index contributed by atoms with van der Waals surface area (Å²) in [4.78, 5) is 9.60. The van der Waals surface area contributed by atoms with Crippen molar-refractivity contribution in [1.82, 2.24) is 15.6 Å². The van der Waals surface area contributed by atoms with Crippen molar-refractivity contribution < 1.29 is 13.2 Å². The second kappa shape index (κ2) is 9.54. The van der Waals surface area contributed by atoms with Gasteiger partial charge < -0.3 is 10.6 Å². The van der Waals surface area contributed by atoms with Crippen LogP contribution in [0.2, 0.25) is 0 Å². The molecule has 1 unspecified atom stereocenters. The molecule has 26 heavy (non-hydrogen) atoms. The lowest BCUT2D eigenvalue weighted by Gasteiger charge is -2.19. The molecule has 144 valence electrons. The van der Waals surface area contributed by atoms with Gasteiger partial charge in [-0.15, -0.1) is 35.3 Å². The summed E-state index contributed by atoms with van der Waals surface area (Å²) >= 11 is 1.61. The molecule has 0 aliphatic heterocycles. The normalized spacial score (nSPS) is 13.1. The summed E-state index contributed by atoms with van der Waals surface area (Å²) < 4.78 is 38.5. The Balaban J connectivity index is 0.00000338. The minimum atomic E-state index is -4.35. The Labute approximate surface area is 172 Å². The van der Waals surface area contributed by atoms with Gasteiger partial charge in [-0.2, -0.15) is 13.2 Å². The first-order valence-corrected chi connectivity index (χ1v) is 8.59. The van der Waals surface area contributed by atoms with Crippen LogP contribution in [0.3, 0.4) is 0 Å². The van der Waals surface area contributed by atoms with E-state index in [-0.39, 0.29) is 30.0 Å². The number of rotatable bonds is 4. The lowest BCUT2D eigenvalue weighted by Crippen LogP contribution is -2.38. The van der Waals surface area contributed by atoms with Gasteiger partial charge in [0.05, 0.1) is 28.9 Å². The highest BCUT2D eigenvalue weighted by atomic mass is 127. The van der Waals surface area contributed by atoms with E-state index in [1.54, 1.807) is 31.4 Å². The van der Waals surface area contributed by atoms with E-state index < -0.39 is 11.7 Å². The van der Waals surface area contributed by atoms with Gasteiger partial charge in [-0.05, 0) is 38.5 Å². The van der Waals surface area contributed by atoms with E-state index in [0.29, 0.717) is 18.1 Å². The van der Waals surface area contributed by atoms with Gasteiger partial charge in [-0.1, -0.05) is 12.1 Å². The van der Waals surface area contributed by atoms with Crippen molar-refractivity contribution in [2.75, 3.05) is 7.05 Å². The average Bonchev–Trinajstić information content (AvgIpc) is 2.88. The van der Waals surface area contributed by atoms with Crippen LogP contribution in [0.1, 0.15) is 39.7 Å². The molecule has 2 N–H and O–H groups in total. The number of hydrogen-bond acceptors (Lipinski definition) is 3. The first-order chi connectivity index (χ1) is 11.7. The number of hydrogen-bond donors (Lipinski definition) is 2. The van der Waals surface area contributed by atoms with Gasteiger partial charge >= 0.3 is 6.18 Å². The fourth-order valence-electron chi connectivity index (χ4n) is 2.37. The summed E-state index contributed by atoms with van der Waals surface area (Å²) in [7, 11) is 1.62. The third kappa shape index (κ3) is 6.11. The number of aliphatic imine (C=N–C) groups is 1. The number of halogens is 4. The molecule has 1 atom stereocenters. The van der Waals surface area contributed by atoms with Gasteiger partial charge in [0, 0.05) is 11.9 Å². The van der Waals surface area contributed by atoms with Crippen LogP contribution in [0.15, 0.2) is 29.3 Å². The molecule has 0 saturated carbocycles. The summed E-state index contributed by atoms with van der Waals surface area (Å²) in [5, 5.41) is 7.28. The Morgan fingerprint density at radius 1 is 1.31 bits per heavy atom. The zero-order valence-corrected chi connectivity index (χ0v) is 18.1. The van der Waals surface area contributed by atoms with Gasteiger partial charge in [-0.3, -0.25) is 4.99 Å². The van der Waals surface area contributed by atoms with Crippen molar-refractivity contribution in [3.05, 3.63) is 51.0 Å². The number of guanidine groups is 1. The van der Waals surface area contributed by atoms with Crippen molar-refractivity contribution in [3.8, 4) is 0 Å². The maximum atomic E-state index is 12.8. The Morgan fingerprint density at radius 3 is 2.54 bits per heavy atom. The van der Waals surface area contributed by atoms with Crippen molar-refractivity contribution >= 4 is 41.3 Å². The van der Waals surface area contributed by atoms with Crippen LogP contribution in [0.25, 0.3) is 0 Å². The number of nitrogens with one attached hydrogen (secondary N) is 2. The number of thiazole rings is 1. The van der Waals surface area contributed by atoms with Crippen LogP contribution >= 0.6 is 35.3 Å². The predicted molar refractivity (Wildman–Crippen MR) is 110 cm³/mol. The number of alkyl halides is 3. The Hall–Kier alpha value is -1.36. The lowest BCUT2D eigenvalue weighted by molar-refractivity contribution is -0.137. The first-order valence-electron chi connectivity index (χ1n) is 7.78. The Bertz CT molecular complexity index is 759. The van der Waals surface area contributed by atoms with E-state index >= 15 is 0 Å². The molecular formula is C17H22F3IN4S. The molecule has 0 radical (unpaired) electrons. The average molecular weight is 498 g/mol. The SMILES string of the molecule is CN=C(NCc1sc(C)nc1C)NC(C)c1cccc(C(F)(F)F)c1.I. The van der Waals surface area contributed by atoms with Crippen LogP contribution < -0.4 is 10.6 Å². The zero-order valence-electron chi connectivity index (χ0n) is 14.9. The third-order valence-corrected chi connectivity index (χ3v) is 4.78. The quantitative estimate of drug-likeness (QED) is 0.361. The molecule has 0 spiro atoms. The van der Waals surface area contributed by atoms with E-state index in [9.17, 15) is 13.2 Å². The van der Waals surface area contributed by atoms with E-state index in [2.05, 4.69) is 20.6 Å². The Kier molecular flexibility index (Phi) is 8.32. The largest absolute Gasteiger partial charge is 0.416 e. The molecule has 2 rings (SSSR count). The molecule has 0 fully saturated rings. The summed E-state index contributed by atoms with van der Waals surface area (Å²) in [5.41, 5.74) is 0.858. The van der Waals surface area contributed by atoms with Gasteiger partial charge in [0.2, 0.25) is 0 Å². The summed E-state index contributed by atoms with van der Waals surface area (Å²) in [6, 6.07) is 4.98.